The standard InChI is InChI=1S/C13H13FN2O3S/c1-9-4-11(7-15-6-9)16-20(18,19)13-5-10(8-17)2-3-12(13)14/h2-7,16-17H,8H2,1H3. The van der Waals surface area contributed by atoms with Gasteiger partial charge in [-0.3, -0.25) is 9.71 Å². The summed E-state index contributed by atoms with van der Waals surface area (Å²) in [5, 5.41) is 9.00. The summed E-state index contributed by atoms with van der Waals surface area (Å²) in [7, 11) is -4.07. The van der Waals surface area contributed by atoms with Crippen molar-refractivity contribution < 1.29 is 17.9 Å². The van der Waals surface area contributed by atoms with E-state index in [2.05, 4.69) is 9.71 Å². The average molecular weight is 296 g/mol. The highest BCUT2D eigenvalue weighted by molar-refractivity contribution is 7.92. The number of nitrogens with zero attached hydrogens (tertiary/aromatic N) is 1. The highest BCUT2D eigenvalue weighted by atomic mass is 32.2. The van der Waals surface area contributed by atoms with Gasteiger partial charge in [-0.15, -0.1) is 0 Å². The number of anilines is 1. The topological polar surface area (TPSA) is 79.3 Å². The molecule has 0 aliphatic rings. The van der Waals surface area contributed by atoms with Crippen molar-refractivity contribution in [2.24, 2.45) is 0 Å². The fraction of sp³-hybridized carbons (Fsp3) is 0.154. The Morgan fingerprint density at radius 3 is 2.70 bits per heavy atom. The average Bonchev–Trinajstić information content (AvgIpc) is 2.38. The predicted molar refractivity (Wildman–Crippen MR) is 72.1 cm³/mol. The van der Waals surface area contributed by atoms with Crippen molar-refractivity contribution in [3.05, 3.63) is 53.6 Å². The number of sulfonamides is 1. The first-order valence-corrected chi connectivity index (χ1v) is 7.24. The minimum absolute atomic E-state index is 0.249. The molecule has 0 bridgehead atoms. The highest BCUT2D eigenvalue weighted by Gasteiger charge is 2.19. The molecular weight excluding hydrogens is 283 g/mol. The Morgan fingerprint density at radius 2 is 2.05 bits per heavy atom. The molecule has 0 saturated heterocycles. The van der Waals surface area contributed by atoms with Gasteiger partial charge in [-0.05, 0) is 36.2 Å². The van der Waals surface area contributed by atoms with Gasteiger partial charge in [0, 0.05) is 6.20 Å². The van der Waals surface area contributed by atoms with E-state index in [1.165, 1.54) is 12.3 Å². The second-order valence-electron chi connectivity index (χ2n) is 4.28. The van der Waals surface area contributed by atoms with Crippen LogP contribution >= 0.6 is 0 Å². The Bertz CT molecular complexity index is 732. The molecule has 0 fully saturated rings. The zero-order chi connectivity index (χ0) is 14.8. The van der Waals surface area contributed by atoms with E-state index in [0.29, 0.717) is 5.56 Å². The number of nitrogens with one attached hydrogen (secondary N) is 1. The van der Waals surface area contributed by atoms with Crippen LogP contribution in [0.25, 0.3) is 0 Å². The van der Waals surface area contributed by atoms with Crippen LogP contribution in [0.15, 0.2) is 41.6 Å². The maximum atomic E-state index is 13.7. The van der Waals surface area contributed by atoms with Gasteiger partial charge in [0.25, 0.3) is 10.0 Å². The summed E-state index contributed by atoms with van der Waals surface area (Å²) in [4.78, 5) is 3.35. The predicted octanol–water partition coefficient (Wildman–Crippen LogP) is 1.82. The molecular formula is C13H13FN2O3S. The molecule has 0 spiro atoms. The van der Waals surface area contributed by atoms with Gasteiger partial charge in [0.1, 0.15) is 10.7 Å². The lowest BCUT2D eigenvalue weighted by Gasteiger charge is -2.10. The van der Waals surface area contributed by atoms with Gasteiger partial charge in [0.15, 0.2) is 0 Å². The van der Waals surface area contributed by atoms with Crippen LogP contribution in [0.5, 0.6) is 0 Å². The van der Waals surface area contributed by atoms with Gasteiger partial charge < -0.3 is 5.11 Å². The third-order valence-electron chi connectivity index (χ3n) is 2.59. The largest absolute Gasteiger partial charge is 0.392 e. The smallest absolute Gasteiger partial charge is 0.264 e. The van der Waals surface area contributed by atoms with Gasteiger partial charge in [0.05, 0.1) is 18.5 Å². The molecule has 5 nitrogen and oxygen atoms in total. The number of rotatable bonds is 4. The van der Waals surface area contributed by atoms with Crippen LogP contribution in [-0.4, -0.2) is 18.5 Å². The van der Waals surface area contributed by atoms with E-state index in [1.807, 2.05) is 0 Å². The van der Waals surface area contributed by atoms with E-state index in [0.717, 1.165) is 17.7 Å². The normalized spacial score (nSPS) is 11.3. The summed E-state index contributed by atoms with van der Waals surface area (Å²) in [6, 6.07) is 5.01. The molecule has 1 aromatic carbocycles. The summed E-state index contributed by atoms with van der Waals surface area (Å²) in [5.41, 5.74) is 1.34. The van der Waals surface area contributed by atoms with Crippen LogP contribution in [-0.2, 0) is 16.6 Å². The SMILES string of the molecule is Cc1cncc(NS(=O)(=O)c2cc(CO)ccc2F)c1. The van der Waals surface area contributed by atoms with E-state index in [1.54, 1.807) is 19.2 Å². The summed E-state index contributed by atoms with van der Waals surface area (Å²) in [6.45, 7) is 1.40. The summed E-state index contributed by atoms with van der Waals surface area (Å²) < 4.78 is 40.2. The molecule has 2 rings (SSSR count). The molecule has 20 heavy (non-hydrogen) atoms. The number of halogens is 1. The number of hydrogen-bond acceptors (Lipinski definition) is 4. The molecule has 1 aromatic heterocycles. The summed E-state index contributed by atoms with van der Waals surface area (Å²) >= 11 is 0. The van der Waals surface area contributed by atoms with Gasteiger partial charge in [0.2, 0.25) is 0 Å². The molecule has 2 aromatic rings. The van der Waals surface area contributed by atoms with Crippen LogP contribution in [0.2, 0.25) is 0 Å². The fourth-order valence-electron chi connectivity index (χ4n) is 1.67. The molecule has 0 amide bonds. The minimum Gasteiger partial charge on any atom is -0.392 e. The molecule has 1 heterocycles. The van der Waals surface area contributed by atoms with Crippen molar-refractivity contribution in [1.29, 1.82) is 0 Å². The Labute approximate surface area is 116 Å². The molecule has 0 radical (unpaired) electrons. The Kier molecular flexibility index (Phi) is 4.01. The first-order valence-electron chi connectivity index (χ1n) is 5.76. The minimum atomic E-state index is -4.07. The molecule has 0 saturated carbocycles. The van der Waals surface area contributed by atoms with Crippen molar-refractivity contribution in [2.45, 2.75) is 18.4 Å². The van der Waals surface area contributed by atoms with Crippen LogP contribution < -0.4 is 4.72 Å². The van der Waals surface area contributed by atoms with Gasteiger partial charge >= 0.3 is 0 Å². The lowest BCUT2D eigenvalue weighted by Crippen LogP contribution is -2.15. The number of pyridine rings is 1. The maximum absolute atomic E-state index is 13.7. The second kappa shape index (κ2) is 5.56. The van der Waals surface area contributed by atoms with Crippen LogP contribution in [0.3, 0.4) is 0 Å². The van der Waals surface area contributed by atoms with Crippen LogP contribution in [0, 0.1) is 12.7 Å². The zero-order valence-electron chi connectivity index (χ0n) is 10.7. The van der Waals surface area contributed by atoms with Crippen molar-refractivity contribution >= 4 is 15.7 Å². The molecule has 0 atom stereocenters. The van der Waals surface area contributed by atoms with Gasteiger partial charge in [-0.25, -0.2) is 12.8 Å². The lowest BCUT2D eigenvalue weighted by molar-refractivity contribution is 0.281. The number of aliphatic hydroxyl groups excluding tert-OH is 1. The monoisotopic (exact) mass is 296 g/mol. The molecule has 7 heteroatoms. The van der Waals surface area contributed by atoms with E-state index >= 15 is 0 Å². The van der Waals surface area contributed by atoms with Gasteiger partial charge in [-0.1, -0.05) is 6.07 Å². The van der Waals surface area contributed by atoms with Crippen molar-refractivity contribution in [3.63, 3.8) is 0 Å². The van der Waals surface area contributed by atoms with E-state index in [9.17, 15) is 12.8 Å². The summed E-state index contributed by atoms with van der Waals surface area (Å²) in [5.74, 6) is -0.879. The summed E-state index contributed by atoms with van der Waals surface area (Å²) in [6.07, 6.45) is 2.91. The van der Waals surface area contributed by atoms with Crippen molar-refractivity contribution in [2.75, 3.05) is 4.72 Å². The number of aryl methyl sites for hydroxylation is 1. The Hall–Kier alpha value is -1.99. The second-order valence-corrected chi connectivity index (χ2v) is 5.93. The molecule has 2 N–H and O–H groups in total. The molecule has 106 valence electrons. The number of hydrogen-bond donors (Lipinski definition) is 2. The molecule has 0 aliphatic heterocycles. The quantitative estimate of drug-likeness (QED) is 0.902. The maximum Gasteiger partial charge on any atom is 0.264 e. The number of benzene rings is 1. The highest BCUT2D eigenvalue weighted by Crippen LogP contribution is 2.20. The fourth-order valence-corrected chi connectivity index (χ4v) is 2.84. The first kappa shape index (κ1) is 14.4. The number of aromatic nitrogens is 1. The Morgan fingerprint density at radius 1 is 1.30 bits per heavy atom. The van der Waals surface area contributed by atoms with Crippen molar-refractivity contribution in [3.8, 4) is 0 Å². The molecule has 0 aliphatic carbocycles. The third kappa shape index (κ3) is 3.12. The zero-order valence-corrected chi connectivity index (χ0v) is 11.5. The van der Waals surface area contributed by atoms with Crippen molar-refractivity contribution in [1.82, 2.24) is 4.98 Å². The number of aliphatic hydroxyl groups is 1. The molecule has 0 unspecified atom stereocenters. The van der Waals surface area contributed by atoms with Gasteiger partial charge in [-0.2, -0.15) is 0 Å². The van der Waals surface area contributed by atoms with E-state index in [-0.39, 0.29) is 12.3 Å². The van der Waals surface area contributed by atoms with Crippen LogP contribution in [0.4, 0.5) is 10.1 Å². The Balaban J connectivity index is 2.40. The van der Waals surface area contributed by atoms with E-state index < -0.39 is 20.7 Å². The van der Waals surface area contributed by atoms with E-state index in [4.69, 9.17) is 5.11 Å². The lowest BCUT2D eigenvalue weighted by atomic mass is 10.2. The third-order valence-corrected chi connectivity index (χ3v) is 3.99. The van der Waals surface area contributed by atoms with Crippen LogP contribution in [0.1, 0.15) is 11.1 Å². The first-order chi connectivity index (χ1) is 9.42.